The molecule has 160 valence electrons. The third kappa shape index (κ3) is 4.77. The van der Waals surface area contributed by atoms with Gasteiger partial charge in [0.15, 0.2) is 11.5 Å². The molecule has 0 unspecified atom stereocenters. The maximum absolute atomic E-state index is 13.1. The van der Waals surface area contributed by atoms with Crippen molar-refractivity contribution in [3.63, 3.8) is 0 Å². The first-order valence-corrected chi connectivity index (χ1v) is 11.2. The van der Waals surface area contributed by atoms with Gasteiger partial charge in [0.1, 0.15) is 5.82 Å². The van der Waals surface area contributed by atoms with Gasteiger partial charge in [-0.1, -0.05) is 12.1 Å². The van der Waals surface area contributed by atoms with E-state index in [1.54, 1.807) is 42.5 Å². The van der Waals surface area contributed by atoms with Crippen LogP contribution >= 0.6 is 0 Å². The largest absolute Gasteiger partial charge is 0.454 e. The van der Waals surface area contributed by atoms with Crippen LogP contribution in [0.5, 0.6) is 11.5 Å². The zero-order chi connectivity index (χ0) is 22.0. The fraction of sp³-hybridized carbons (Fsp3) is 0.136. The summed E-state index contributed by atoms with van der Waals surface area (Å²) in [4.78, 5) is 12.6. The van der Waals surface area contributed by atoms with Crippen LogP contribution in [-0.4, -0.2) is 27.4 Å². The number of hydrogen-bond donors (Lipinski definition) is 1. The minimum atomic E-state index is -3.60. The van der Waals surface area contributed by atoms with E-state index in [1.165, 1.54) is 28.6 Å². The molecular formula is C22H19FN2O5S. The highest BCUT2D eigenvalue weighted by Gasteiger charge is 2.19. The summed E-state index contributed by atoms with van der Waals surface area (Å²) in [7, 11) is -3.60. The summed E-state index contributed by atoms with van der Waals surface area (Å²) in [5.74, 6) is 0.421. The summed E-state index contributed by atoms with van der Waals surface area (Å²) in [6.07, 6.45) is 1.09. The SMILES string of the molecule is CS(=O)(=O)N(Cc1ccc(F)cc1)c1ccc(C(=O)Nc2ccc3c(c2)OCO3)cc1. The zero-order valence-electron chi connectivity index (χ0n) is 16.5. The molecule has 1 aliphatic rings. The molecule has 31 heavy (non-hydrogen) atoms. The van der Waals surface area contributed by atoms with Crippen LogP contribution < -0.4 is 19.1 Å². The summed E-state index contributed by atoms with van der Waals surface area (Å²) in [5.41, 5.74) is 1.94. The highest BCUT2D eigenvalue weighted by molar-refractivity contribution is 7.92. The predicted molar refractivity (Wildman–Crippen MR) is 114 cm³/mol. The third-order valence-corrected chi connectivity index (χ3v) is 5.83. The average molecular weight is 442 g/mol. The number of halogens is 1. The first-order chi connectivity index (χ1) is 14.8. The molecule has 7 nitrogen and oxygen atoms in total. The molecular weight excluding hydrogens is 423 g/mol. The van der Waals surface area contributed by atoms with E-state index in [-0.39, 0.29) is 19.2 Å². The maximum atomic E-state index is 13.1. The van der Waals surface area contributed by atoms with Gasteiger partial charge < -0.3 is 14.8 Å². The van der Waals surface area contributed by atoms with Crippen molar-refractivity contribution >= 4 is 27.3 Å². The number of nitrogens with one attached hydrogen (secondary N) is 1. The summed E-state index contributed by atoms with van der Waals surface area (Å²) in [5, 5.41) is 2.77. The summed E-state index contributed by atoms with van der Waals surface area (Å²) in [6, 6.07) is 16.9. The second kappa shape index (κ2) is 8.27. The number of benzene rings is 3. The maximum Gasteiger partial charge on any atom is 0.255 e. The van der Waals surface area contributed by atoms with Crippen LogP contribution in [0.4, 0.5) is 15.8 Å². The normalized spacial score (nSPS) is 12.5. The molecule has 0 saturated carbocycles. The molecule has 0 atom stereocenters. The van der Waals surface area contributed by atoms with Gasteiger partial charge in [-0.05, 0) is 54.1 Å². The molecule has 3 aromatic carbocycles. The van der Waals surface area contributed by atoms with E-state index in [1.807, 2.05) is 0 Å². The van der Waals surface area contributed by atoms with Gasteiger partial charge >= 0.3 is 0 Å². The first-order valence-electron chi connectivity index (χ1n) is 9.33. The van der Waals surface area contributed by atoms with Gasteiger partial charge in [0, 0.05) is 17.3 Å². The number of hydrogen-bond acceptors (Lipinski definition) is 5. The van der Waals surface area contributed by atoms with E-state index in [2.05, 4.69) is 5.32 Å². The fourth-order valence-corrected chi connectivity index (χ4v) is 4.00. The van der Waals surface area contributed by atoms with E-state index in [0.717, 1.165) is 6.26 Å². The lowest BCUT2D eigenvalue weighted by Crippen LogP contribution is -2.29. The van der Waals surface area contributed by atoms with Crippen molar-refractivity contribution in [3.05, 3.63) is 83.7 Å². The Morgan fingerprint density at radius 1 is 1.00 bits per heavy atom. The Hall–Kier alpha value is -3.59. The smallest absolute Gasteiger partial charge is 0.255 e. The number of sulfonamides is 1. The number of fused-ring (bicyclic) bond motifs is 1. The molecule has 0 bridgehead atoms. The molecule has 0 aliphatic carbocycles. The molecule has 1 heterocycles. The summed E-state index contributed by atoms with van der Waals surface area (Å²) >= 11 is 0. The Labute approximate surface area is 179 Å². The predicted octanol–water partition coefficient (Wildman–Crippen LogP) is 3.77. The molecule has 0 saturated heterocycles. The van der Waals surface area contributed by atoms with Crippen LogP contribution in [0.1, 0.15) is 15.9 Å². The number of anilines is 2. The van der Waals surface area contributed by atoms with Crippen molar-refractivity contribution < 1.29 is 27.1 Å². The second-order valence-corrected chi connectivity index (χ2v) is 8.87. The van der Waals surface area contributed by atoms with E-state index >= 15 is 0 Å². The lowest BCUT2D eigenvalue weighted by atomic mass is 10.1. The van der Waals surface area contributed by atoms with Gasteiger partial charge in [-0.3, -0.25) is 9.10 Å². The van der Waals surface area contributed by atoms with Crippen LogP contribution in [0.2, 0.25) is 0 Å². The topological polar surface area (TPSA) is 84.9 Å². The van der Waals surface area contributed by atoms with Crippen molar-refractivity contribution in [2.24, 2.45) is 0 Å². The molecule has 1 amide bonds. The minimum absolute atomic E-state index is 0.0435. The zero-order valence-corrected chi connectivity index (χ0v) is 17.4. The number of ether oxygens (including phenoxy) is 2. The summed E-state index contributed by atoms with van der Waals surface area (Å²) < 4.78 is 49.5. The van der Waals surface area contributed by atoms with Crippen LogP contribution in [0, 0.1) is 5.82 Å². The Bertz CT molecular complexity index is 1210. The number of carbonyl (C=O) groups is 1. The second-order valence-electron chi connectivity index (χ2n) is 6.97. The van der Waals surface area contributed by atoms with Crippen LogP contribution in [0.15, 0.2) is 66.7 Å². The quantitative estimate of drug-likeness (QED) is 0.628. The Balaban J connectivity index is 1.51. The molecule has 0 radical (unpaired) electrons. The Kier molecular flexibility index (Phi) is 5.51. The molecule has 1 N–H and O–H groups in total. The van der Waals surface area contributed by atoms with Crippen molar-refractivity contribution in [1.82, 2.24) is 0 Å². The van der Waals surface area contributed by atoms with Gasteiger partial charge in [0.2, 0.25) is 16.8 Å². The lowest BCUT2D eigenvalue weighted by Gasteiger charge is -2.22. The highest BCUT2D eigenvalue weighted by Crippen LogP contribution is 2.34. The van der Waals surface area contributed by atoms with Crippen molar-refractivity contribution in [2.45, 2.75) is 6.54 Å². The standard InChI is InChI=1S/C22H19FN2O5S/c1-31(27,28)25(13-15-2-6-17(23)7-3-15)19-9-4-16(5-10-19)22(26)24-18-8-11-20-21(12-18)30-14-29-20/h2-12H,13-14H2,1H3,(H,24,26). The average Bonchev–Trinajstić information content (AvgIpc) is 3.20. The number of carbonyl (C=O) groups excluding carboxylic acids is 1. The van der Waals surface area contributed by atoms with E-state index in [9.17, 15) is 17.6 Å². The van der Waals surface area contributed by atoms with Gasteiger partial charge in [-0.25, -0.2) is 12.8 Å². The van der Waals surface area contributed by atoms with E-state index in [4.69, 9.17) is 9.47 Å². The van der Waals surface area contributed by atoms with Gasteiger partial charge in [0.25, 0.3) is 5.91 Å². The minimum Gasteiger partial charge on any atom is -0.454 e. The molecule has 1 aliphatic heterocycles. The lowest BCUT2D eigenvalue weighted by molar-refractivity contribution is 0.102. The monoisotopic (exact) mass is 442 g/mol. The summed E-state index contributed by atoms with van der Waals surface area (Å²) in [6.45, 7) is 0.185. The molecule has 9 heteroatoms. The van der Waals surface area contributed by atoms with Crippen molar-refractivity contribution in [3.8, 4) is 11.5 Å². The van der Waals surface area contributed by atoms with Gasteiger partial charge in [0.05, 0.1) is 18.5 Å². The van der Waals surface area contributed by atoms with Crippen molar-refractivity contribution in [1.29, 1.82) is 0 Å². The van der Waals surface area contributed by atoms with E-state index in [0.29, 0.717) is 34.0 Å². The molecule has 3 aromatic rings. The van der Waals surface area contributed by atoms with Gasteiger partial charge in [-0.2, -0.15) is 0 Å². The van der Waals surface area contributed by atoms with Crippen LogP contribution in [0.25, 0.3) is 0 Å². The van der Waals surface area contributed by atoms with Crippen LogP contribution in [-0.2, 0) is 16.6 Å². The van der Waals surface area contributed by atoms with Crippen LogP contribution in [0.3, 0.4) is 0 Å². The fourth-order valence-electron chi connectivity index (χ4n) is 3.11. The van der Waals surface area contributed by atoms with Gasteiger partial charge in [-0.15, -0.1) is 0 Å². The number of amides is 1. The molecule has 4 rings (SSSR count). The van der Waals surface area contributed by atoms with E-state index < -0.39 is 15.8 Å². The highest BCUT2D eigenvalue weighted by atomic mass is 32.2. The number of nitrogens with zero attached hydrogens (tertiary/aromatic N) is 1. The Morgan fingerprint density at radius 3 is 2.35 bits per heavy atom. The molecule has 0 aromatic heterocycles. The first kappa shape index (κ1) is 20.7. The third-order valence-electron chi connectivity index (χ3n) is 4.69. The van der Waals surface area contributed by atoms with Crippen molar-refractivity contribution in [2.75, 3.05) is 22.7 Å². The Morgan fingerprint density at radius 2 is 1.68 bits per heavy atom. The molecule has 0 fully saturated rings. The number of rotatable bonds is 6. The molecule has 0 spiro atoms.